The Hall–Kier alpha value is -1.10. The molecule has 0 radical (unpaired) electrons. The number of aliphatic carboxylic acids is 1. The average Bonchev–Trinajstić information content (AvgIpc) is 2.15. The van der Waals surface area contributed by atoms with Crippen LogP contribution < -0.4 is 5.32 Å². The minimum Gasteiger partial charge on any atom is -0.480 e. The van der Waals surface area contributed by atoms with Crippen LogP contribution in [-0.2, 0) is 14.3 Å². The standard InChI is InChI=1S/C9H17NO4/c1-4-5-7(9(12)13)10-8(11)6(2)14-3/h6-7H,4-5H2,1-3H3,(H,10,11)(H,12,13)/t6?,7-/m1/s1. The smallest absolute Gasteiger partial charge is 0.326 e. The van der Waals surface area contributed by atoms with Gasteiger partial charge in [-0.15, -0.1) is 0 Å². The monoisotopic (exact) mass is 203 g/mol. The van der Waals surface area contributed by atoms with Crippen LogP contribution >= 0.6 is 0 Å². The Bertz CT molecular complexity index is 205. The van der Waals surface area contributed by atoms with Gasteiger partial charge in [-0.2, -0.15) is 0 Å². The van der Waals surface area contributed by atoms with Gasteiger partial charge < -0.3 is 15.2 Å². The zero-order valence-corrected chi connectivity index (χ0v) is 8.74. The van der Waals surface area contributed by atoms with Crippen LogP contribution in [-0.4, -0.2) is 36.2 Å². The molecular formula is C9H17NO4. The zero-order chi connectivity index (χ0) is 11.1. The second-order valence-corrected chi connectivity index (χ2v) is 3.07. The van der Waals surface area contributed by atoms with Gasteiger partial charge in [0, 0.05) is 7.11 Å². The number of carboxylic acid groups (broad SMARTS) is 1. The number of carbonyl (C=O) groups is 2. The Balaban J connectivity index is 4.15. The fourth-order valence-electron chi connectivity index (χ4n) is 0.942. The summed E-state index contributed by atoms with van der Waals surface area (Å²) in [6.07, 6.45) is 0.518. The first-order valence-corrected chi connectivity index (χ1v) is 4.58. The van der Waals surface area contributed by atoms with Crippen LogP contribution in [0.5, 0.6) is 0 Å². The highest BCUT2D eigenvalue weighted by atomic mass is 16.5. The normalized spacial score (nSPS) is 14.5. The van der Waals surface area contributed by atoms with Crippen molar-refractivity contribution < 1.29 is 19.4 Å². The van der Waals surface area contributed by atoms with Gasteiger partial charge in [0.15, 0.2) is 0 Å². The van der Waals surface area contributed by atoms with E-state index in [9.17, 15) is 9.59 Å². The summed E-state index contributed by atoms with van der Waals surface area (Å²) in [5.74, 6) is -1.41. The molecule has 0 bridgehead atoms. The van der Waals surface area contributed by atoms with Gasteiger partial charge in [0.1, 0.15) is 12.1 Å². The molecule has 1 unspecified atom stereocenters. The van der Waals surface area contributed by atoms with Gasteiger partial charge >= 0.3 is 5.97 Å². The third kappa shape index (κ3) is 4.23. The summed E-state index contributed by atoms with van der Waals surface area (Å²) >= 11 is 0. The van der Waals surface area contributed by atoms with Gasteiger partial charge in [-0.05, 0) is 13.3 Å². The Morgan fingerprint density at radius 2 is 2.07 bits per heavy atom. The van der Waals surface area contributed by atoms with Crippen molar-refractivity contribution in [3.63, 3.8) is 0 Å². The fraction of sp³-hybridized carbons (Fsp3) is 0.778. The molecule has 5 heteroatoms. The highest BCUT2D eigenvalue weighted by Gasteiger charge is 2.21. The molecule has 2 atom stereocenters. The van der Waals surface area contributed by atoms with Crippen LogP contribution in [0.2, 0.25) is 0 Å². The summed E-state index contributed by atoms with van der Waals surface area (Å²) in [5, 5.41) is 11.2. The first-order valence-electron chi connectivity index (χ1n) is 4.58. The molecule has 1 amide bonds. The predicted molar refractivity (Wildman–Crippen MR) is 50.9 cm³/mol. The van der Waals surface area contributed by atoms with E-state index in [1.807, 2.05) is 6.92 Å². The molecule has 14 heavy (non-hydrogen) atoms. The number of carbonyl (C=O) groups excluding carboxylic acids is 1. The van der Waals surface area contributed by atoms with E-state index in [-0.39, 0.29) is 0 Å². The molecule has 0 saturated heterocycles. The molecule has 0 aromatic heterocycles. The predicted octanol–water partition coefficient (Wildman–Crippen LogP) is 0.391. The summed E-state index contributed by atoms with van der Waals surface area (Å²) in [6, 6.07) is -0.815. The molecule has 0 aromatic rings. The van der Waals surface area contributed by atoms with Gasteiger partial charge in [0.2, 0.25) is 5.91 Å². The third-order valence-corrected chi connectivity index (χ3v) is 1.91. The third-order valence-electron chi connectivity index (χ3n) is 1.91. The van der Waals surface area contributed by atoms with Crippen LogP contribution in [0.1, 0.15) is 26.7 Å². The van der Waals surface area contributed by atoms with Gasteiger partial charge in [0.25, 0.3) is 0 Å². The molecule has 0 saturated carbocycles. The van der Waals surface area contributed by atoms with E-state index in [4.69, 9.17) is 9.84 Å². The molecule has 0 heterocycles. The van der Waals surface area contributed by atoms with Crippen molar-refractivity contribution in [2.45, 2.75) is 38.8 Å². The number of hydrogen-bond donors (Lipinski definition) is 2. The molecule has 5 nitrogen and oxygen atoms in total. The zero-order valence-electron chi connectivity index (χ0n) is 8.74. The van der Waals surface area contributed by atoms with Crippen molar-refractivity contribution in [1.82, 2.24) is 5.32 Å². The van der Waals surface area contributed by atoms with Crippen molar-refractivity contribution in [2.75, 3.05) is 7.11 Å². The van der Waals surface area contributed by atoms with E-state index in [1.165, 1.54) is 7.11 Å². The first kappa shape index (κ1) is 12.9. The number of ether oxygens (including phenoxy) is 1. The van der Waals surface area contributed by atoms with Crippen LogP contribution in [0.4, 0.5) is 0 Å². The Labute approximate surface area is 83.4 Å². The lowest BCUT2D eigenvalue weighted by Gasteiger charge is -2.16. The van der Waals surface area contributed by atoms with Crippen molar-refractivity contribution in [1.29, 1.82) is 0 Å². The highest BCUT2D eigenvalue weighted by Crippen LogP contribution is 1.98. The van der Waals surface area contributed by atoms with E-state index < -0.39 is 24.0 Å². The molecule has 0 aliphatic carbocycles. The summed E-state index contributed by atoms with van der Waals surface area (Å²) in [4.78, 5) is 21.9. The Morgan fingerprint density at radius 3 is 2.43 bits per heavy atom. The number of hydrogen-bond acceptors (Lipinski definition) is 3. The number of carboxylic acids is 1. The van der Waals surface area contributed by atoms with E-state index in [0.717, 1.165) is 0 Å². The largest absolute Gasteiger partial charge is 0.480 e. The Kier molecular flexibility index (Phi) is 5.87. The van der Waals surface area contributed by atoms with E-state index in [2.05, 4.69) is 5.32 Å². The Morgan fingerprint density at radius 1 is 1.50 bits per heavy atom. The second kappa shape index (κ2) is 6.37. The van der Waals surface area contributed by atoms with E-state index in [0.29, 0.717) is 12.8 Å². The minimum absolute atomic E-state index is 0.395. The summed E-state index contributed by atoms with van der Waals surface area (Å²) < 4.78 is 4.77. The molecule has 0 aliphatic heterocycles. The molecule has 0 fully saturated rings. The van der Waals surface area contributed by atoms with Crippen LogP contribution in [0.15, 0.2) is 0 Å². The van der Waals surface area contributed by atoms with Crippen molar-refractivity contribution >= 4 is 11.9 Å². The van der Waals surface area contributed by atoms with Gasteiger partial charge in [-0.1, -0.05) is 13.3 Å². The highest BCUT2D eigenvalue weighted by molar-refractivity contribution is 5.85. The fourth-order valence-corrected chi connectivity index (χ4v) is 0.942. The molecule has 0 rings (SSSR count). The number of amides is 1. The molecule has 0 aliphatic rings. The molecule has 2 N–H and O–H groups in total. The van der Waals surface area contributed by atoms with Crippen molar-refractivity contribution in [2.24, 2.45) is 0 Å². The number of nitrogens with one attached hydrogen (secondary N) is 1. The molecule has 0 spiro atoms. The lowest BCUT2D eigenvalue weighted by Crippen LogP contribution is -2.45. The maximum Gasteiger partial charge on any atom is 0.326 e. The summed E-state index contributed by atoms with van der Waals surface area (Å²) in [7, 11) is 1.40. The molecule has 82 valence electrons. The molecule has 0 aromatic carbocycles. The van der Waals surface area contributed by atoms with Gasteiger partial charge in [-0.25, -0.2) is 4.79 Å². The van der Waals surface area contributed by atoms with Crippen molar-refractivity contribution in [3.05, 3.63) is 0 Å². The van der Waals surface area contributed by atoms with Crippen molar-refractivity contribution in [3.8, 4) is 0 Å². The van der Waals surface area contributed by atoms with Crippen LogP contribution in [0, 0.1) is 0 Å². The lowest BCUT2D eigenvalue weighted by atomic mass is 10.1. The van der Waals surface area contributed by atoms with E-state index in [1.54, 1.807) is 6.92 Å². The maximum atomic E-state index is 11.3. The topological polar surface area (TPSA) is 75.6 Å². The van der Waals surface area contributed by atoms with E-state index >= 15 is 0 Å². The lowest BCUT2D eigenvalue weighted by molar-refractivity contribution is -0.143. The van der Waals surface area contributed by atoms with Crippen LogP contribution in [0.3, 0.4) is 0 Å². The SMILES string of the molecule is CCC[C@@H](NC(=O)C(C)OC)C(=O)O. The first-order chi connectivity index (χ1) is 6.52. The minimum atomic E-state index is -1.01. The summed E-state index contributed by atoms with van der Waals surface area (Å²) in [5.41, 5.74) is 0. The molecular weight excluding hydrogens is 186 g/mol. The maximum absolute atomic E-state index is 11.3. The quantitative estimate of drug-likeness (QED) is 0.654. The summed E-state index contributed by atoms with van der Waals surface area (Å²) in [6.45, 7) is 3.43. The van der Waals surface area contributed by atoms with Gasteiger partial charge in [-0.3, -0.25) is 4.79 Å². The average molecular weight is 203 g/mol. The second-order valence-electron chi connectivity index (χ2n) is 3.07. The number of rotatable bonds is 6. The number of methoxy groups -OCH3 is 1. The van der Waals surface area contributed by atoms with Crippen LogP contribution in [0.25, 0.3) is 0 Å². The van der Waals surface area contributed by atoms with Gasteiger partial charge in [0.05, 0.1) is 0 Å².